The van der Waals surface area contributed by atoms with Crippen molar-refractivity contribution in [3.63, 3.8) is 0 Å². The fourth-order valence-electron chi connectivity index (χ4n) is 2.51. The maximum Gasteiger partial charge on any atom is 0.266 e. The highest BCUT2D eigenvalue weighted by Crippen LogP contribution is 2.34. The number of rotatable bonds is 2. The van der Waals surface area contributed by atoms with Gasteiger partial charge in [0.1, 0.15) is 0 Å². The van der Waals surface area contributed by atoms with Crippen LogP contribution in [-0.2, 0) is 0 Å². The zero-order valence-corrected chi connectivity index (χ0v) is 11.8. The van der Waals surface area contributed by atoms with Gasteiger partial charge < -0.3 is 10.6 Å². The summed E-state index contributed by atoms with van der Waals surface area (Å²) in [6.45, 7) is 0. The first-order valence-corrected chi connectivity index (χ1v) is 6.55. The molecule has 2 N–H and O–H groups in total. The molecular weight excluding hydrogens is 266 g/mol. The van der Waals surface area contributed by atoms with Crippen molar-refractivity contribution >= 4 is 28.9 Å². The van der Waals surface area contributed by atoms with E-state index in [-0.39, 0.29) is 11.8 Å². The van der Waals surface area contributed by atoms with E-state index in [0.717, 1.165) is 5.69 Å². The standard InChI is InChI=1S/C16H15N3O2/c1-18(2)13-5-3-4-6-14(13)19-15(20)11-8-7-10(17)9-12(11)16(19)21/h3-9H,17H2,1-2H3. The number of carbonyl (C=O) groups is 2. The van der Waals surface area contributed by atoms with Gasteiger partial charge >= 0.3 is 0 Å². The molecule has 1 aliphatic rings. The Bertz CT molecular complexity index is 753. The van der Waals surface area contributed by atoms with Crippen LogP contribution in [0.1, 0.15) is 20.7 Å². The van der Waals surface area contributed by atoms with Gasteiger partial charge in [-0.2, -0.15) is 0 Å². The van der Waals surface area contributed by atoms with Crippen molar-refractivity contribution in [2.24, 2.45) is 0 Å². The largest absolute Gasteiger partial charge is 0.399 e. The average molecular weight is 281 g/mol. The summed E-state index contributed by atoms with van der Waals surface area (Å²) in [6.07, 6.45) is 0. The van der Waals surface area contributed by atoms with Crippen LogP contribution in [0.5, 0.6) is 0 Å². The molecule has 0 atom stereocenters. The van der Waals surface area contributed by atoms with Crippen molar-refractivity contribution in [2.45, 2.75) is 0 Å². The Hall–Kier alpha value is -2.82. The van der Waals surface area contributed by atoms with Gasteiger partial charge in [0.2, 0.25) is 0 Å². The fourth-order valence-corrected chi connectivity index (χ4v) is 2.51. The second kappa shape index (κ2) is 4.63. The molecule has 0 saturated heterocycles. The minimum atomic E-state index is -0.336. The van der Waals surface area contributed by atoms with E-state index in [0.29, 0.717) is 22.5 Å². The van der Waals surface area contributed by atoms with E-state index in [9.17, 15) is 9.59 Å². The fraction of sp³-hybridized carbons (Fsp3) is 0.125. The van der Waals surface area contributed by atoms with Gasteiger partial charge in [-0.05, 0) is 30.3 Å². The number of fused-ring (bicyclic) bond motifs is 1. The molecule has 2 aromatic rings. The monoisotopic (exact) mass is 281 g/mol. The minimum absolute atomic E-state index is 0.315. The van der Waals surface area contributed by atoms with Gasteiger partial charge in [-0.15, -0.1) is 0 Å². The second-order valence-corrected chi connectivity index (χ2v) is 5.13. The van der Waals surface area contributed by atoms with Gasteiger partial charge in [-0.1, -0.05) is 12.1 Å². The highest BCUT2D eigenvalue weighted by Gasteiger charge is 2.37. The SMILES string of the molecule is CN(C)c1ccccc1N1C(=O)c2ccc(N)cc2C1=O. The summed E-state index contributed by atoms with van der Waals surface area (Å²) in [5, 5.41) is 0. The number of hydrogen-bond acceptors (Lipinski definition) is 4. The first-order chi connectivity index (χ1) is 10.0. The molecule has 0 aromatic heterocycles. The lowest BCUT2D eigenvalue weighted by Crippen LogP contribution is -2.31. The Morgan fingerprint density at radius 2 is 1.62 bits per heavy atom. The van der Waals surface area contributed by atoms with Gasteiger partial charge in [0.15, 0.2) is 0 Å². The smallest absolute Gasteiger partial charge is 0.266 e. The number of carbonyl (C=O) groups excluding carboxylic acids is 2. The van der Waals surface area contributed by atoms with Crippen molar-refractivity contribution in [3.05, 3.63) is 53.6 Å². The molecule has 0 unspecified atom stereocenters. The zero-order valence-electron chi connectivity index (χ0n) is 11.8. The molecule has 0 radical (unpaired) electrons. The molecule has 106 valence electrons. The average Bonchev–Trinajstić information content (AvgIpc) is 2.70. The molecule has 0 saturated carbocycles. The first kappa shape index (κ1) is 13.2. The van der Waals surface area contributed by atoms with E-state index < -0.39 is 0 Å². The molecule has 0 bridgehead atoms. The third kappa shape index (κ3) is 1.94. The van der Waals surface area contributed by atoms with Crippen LogP contribution in [-0.4, -0.2) is 25.9 Å². The number of benzene rings is 2. The molecule has 1 aliphatic heterocycles. The van der Waals surface area contributed by atoms with Crippen LogP contribution in [0.4, 0.5) is 17.1 Å². The molecule has 5 heteroatoms. The van der Waals surface area contributed by atoms with E-state index in [1.54, 1.807) is 30.3 Å². The van der Waals surface area contributed by atoms with Crippen LogP contribution in [0, 0.1) is 0 Å². The number of anilines is 3. The molecule has 1 heterocycles. The van der Waals surface area contributed by atoms with Crippen molar-refractivity contribution in [2.75, 3.05) is 29.6 Å². The molecule has 3 rings (SSSR count). The third-order valence-corrected chi connectivity index (χ3v) is 3.52. The number of nitrogens with zero attached hydrogens (tertiary/aromatic N) is 2. The predicted molar refractivity (Wildman–Crippen MR) is 82.8 cm³/mol. The van der Waals surface area contributed by atoms with E-state index >= 15 is 0 Å². The van der Waals surface area contributed by atoms with Crippen LogP contribution in [0.2, 0.25) is 0 Å². The summed E-state index contributed by atoms with van der Waals surface area (Å²) in [7, 11) is 3.74. The number of imide groups is 1. The van der Waals surface area contributed by atoms with E-state index in [2.05, 4.69) is 0 Å². The van der Waals surface area contributed by atoms with Crippen molar-refractivity contribution in [3.8, 4) is 0 Å². The van der Waals surface area contributed by atoms with Crippen LogP contribution >= 0.6 is 0 Å². The van der Waals surface area contributed by atoms with Crippen LogP contribution in [0.15, 0.2) is 42.5 Å². The topological polar surface area (TPSA) is 66.6 Å². The number of nitrogen functional groups attached to an aromatic ring is 1. The number of nitrogens with two attached hydrogens (primary N) is 1. The van der Waals surface area contributed by atoms with E-state index in [1.165, 1.54) is 4.90 Å². The molecule has 0 fully saturated rings. The normalized spacial score (nSPS) is 13.5. The number of para-hydroxylation sites is 2. The Labute approximate surface area is 122 Å². The van der Waals surface area contributed by atoms with Gasteiger partial charge in [-0.25, -0.2) is 4.90 Å². The molecule has 0 aliphatic carbocycles. The van der Waals surface area contributed by atoms with Crippen LogP contribution in [0.3, 0.4) is 0 Å². The Morgan fingerprint density at radius 3 is 2.33 bits per heavy atom. The maximum absolute atomic E-state index is 12.6. The number of amides is 2. The summed E-state index contributed by atoms with van der Waals surface area (Å²) >= 11 is 0. The molecule has 2 amide bonds. The maximum atomic E-state index is 12.6. The molecule has 5 nitrogen and oxygen atoms in total. The Morgan fingerprint density at radius 1 is 0.952 bits per heavy atom. The Kier molecular flexibility index (Phi) is 2.90. The summed E-state index contributed by atoms with van der Waals surface area (Å²) in [6, 6.07) is 12.1. The predicted octanol–water partition coefficient (Wildman–Crippen LogP) is 2.14. The van der Waals surface area contributed by atoms with Crippen molar-refractivity contribution in [1.29, 1.82) is 0 Å². The summed E-state index contributed by atoms with van der Waals surface area (Å²) in [5.41, 5.74) is 8.31. The lowest BCUT2D eigenvalue weighted by molar-refractivity contribution is 0.0926. The minimum Gasteiger partial charge on any atom is -0.399 e. The van der Waals surface area contributed by atoms with Gasteiger partial charge in [-0.3, -0.25) is 9.59 Å². The summed E-state index contributed by atoms with van der Waals surface area (Å²) < 4.78 is 0. The van der Waals surface area contributed by atoms with E-state index in [4.69, 9.17) is 5.73 Å². The van der Waals surface area contributed by atoms with Crippen LogP contribution < -0.4 is 15.5 Å². The lowest BCUT2D eigenvalue weighted by Gasteiger charge is -2.22. The quantitative estimate of drug-likeness (QED) is 0.676. The van der Waals surface area contributed by atoms with Gasteiger partial charge in [0.05, 0.1) is 22.5 Å². The zero-order chi connectivity index (χ0) is 15.1. The molecule has 0 spiro atoms. The Balaban J connectivity index is 2.15. The van der Waals surface area contributed by atoms with Crippen LogP contribution in [0.25, 0.3) is 0 Å². The molecular formula is C16H15N3O2. The van der Waals surface area contributed by atoms with Crippen molar-refractivity contribution in [1.82, 2.24) is 0 Å². The lowest BCUT2D eigenvalue weighted by atomic mass is 10.1. The third-order valence-electron chi connectivity index (χ3n) is 3.52. The van der Waals surface area contributed by atoms with Gasteiger partial charge in [0, 0.05) is 19.8 Å². The molecule has 2 aromatic carbocycles. The summed E-state index contributed by atoms with van der Waals surface area (Å²) in [4.78, 5) is 28.2. The second-order valence-electron chi connectivity index (χ2n) is 5.13. The first-order valence-electron chi connectivity index (χ1n) is 6.55. The van der Waals surface area contributed by atoms with E-state index in [1.807, 2.05) is 31.1 Å². The highest BCUT2D eigenvalue weighted by atomic mass is 16.2. The van der Waals surface area contributed by atoms with Crippen molar-refractivity contribution < 1.29 is 9.59 Å². The molecule has 21 heavy (non-hydrogen) atoms. The number of hydrogen-bond donors (Lipinski definition) is 1. The summed E-state index contributed by atoms with van der Waals surface area (Å²) in [5.74, 6) is -0.652. The highest BCUT2D eigenvalue weighted by molar-refractivity contribution is 6.35. The van der Waals surface area contributed by atoms with Gasteiger partial charge in [0.25, 0.3) is 11.8 Å².